The van der Waals surface area contributed by atoms with Gasteiger partial charge in [0.25, 0.3) is 0 Å². The van der Waals surface area contributed by atoms with Crippen LogP contribution in [-0.2, 0) is 19.2 Å². The zero-order valence-electron chi connectivity index (χ0n) is 11.2. The predicted molar refractivity (Wildman–Crippen MR) is 82.1 cm³/mol. The van der Waals surface area contributed by atoms with Gasteiger partial charge in [-0.1, -0.05) is 0 Å². The van der Waals surface area contributed by atoms with Gasteiger partial charge in [0, 0.05) is 0 Å². The van der Waals surface area contributed by atoms with E-state index >= 15 is 0 Å². The van der Waals surface area contributed by atoms with E-state index in [0.717, 1.165) is 5.56 Å². The van der Waals surface area contributed by atoms with Crippen molar-refractivity contribution in [3.8, 4) is 0 Å². The quantitative estimate of drug-likeness (QED) is 0.252. The Morgan fingerprint density at radius 2 is 2.05 bits per heavy atom. The Morgan fingerprint density at radius 3 is 2.57 bits per heavy atom. The zero-order chi connectivity index (χ0) is 16.3. The van der Waals surface area contributed by atoms with E-state index < -0.39 is 35.9 Å². The minimum atomic E-state index is -5.56. The number of alkyl halides is 4. The normalized spacial score (nSPS) is 14.1. The van der Waals surface area contributed by atoms with E-state index in [-0.39, 0.29) is 6.54 Å². The molecular weight excluding hydrogens is 424 g/mol. The first kappa shape index (κ1) is 18.2. The van der Waals surface area contributed by atoms with Crippen LogP contribution in [0.1, 0.15) is 12.5 Å². The van der Waals surface area contributed by atoms with Gasteiger partial charge in [-0.3, -0.25) is 0 Å². The van der Waals surface area contributed by atoms with Crippen molar-refractivity contribution in [2.45, 2.75) is 19.0 Å². The van der Waals surface area contributed by atoms with Gasteiger partial charge in [0.2, 0.25) is 0 Å². The molecule has 0 aromatic heterocycles. The second kappa shape index (κ2) is 6.92. The fourth-order valence-corrected chi connectivity index (χ4v) is 6.52. The second-order valence-corrected chi connectivity index (χ2v) is 10.2. The van der Waals surface area contributed by atoms with Crippen molar-refractivity contribution in [1.82, 2.24) is 0 Å². The molecule has 0 heterocycles. The number of amidine groups is 1. The SMILES string of the molecule is CC(N)=NCc1cccc(I(C)OS(=O)(=O)C(F)(F)F)c1. The van der Waals surface area contributed by atoms with Gasteiger partial charge in [0.15, 0.2) is 0 Å². The first-order valence-corrected chi connectivity index (χ1v) is 11.0. The third-order valence-electron chi connectivity index (χ3n) is 2.17. The summed E-state index contributed by atoms with van der Waals surface area (Å²) >= 11 is -2.94. The third kappa shape index (κ3) is 5.43. The van der Waals surface area contributed by atoms with Gasteiger partial charge in [-0.15, -0.1) is 0 Å². The van der Waals surface area contributed by atoms with Crippen LogP contribution in [-0.4, -0.2) is 24.7 Å². The predicted octanol–water partition coefficient (Wildman–Crippen LogP) is 2.65. The molecule has 1 rings (SSSR count). The molecule has 0 aliphatic rings. The van der Waals surface area contributed by atoms with Crippen molar-refractivity contribution in [3.63, 3.8) is 0 Å². The van der Waals surface area contributed by atoms with Gasteiger partial charge in [-0.05, 0) is 0 Å². The molecule has 120 valence electrons. The van der Waals surface area contributed by atoms with E-state index in [9.17, 15) is 21.6 Å². The molecule has 0 saturated heterocycles. The standard InChI is InChI=1S/C11H14F3IN2O3S/c1-8(16)17-7-9-4-3-5-10(6-9)15(2)20-21(18,19)11(12,13)14/h3-6H,7H2,1-2H3,(H2,16,17). The van der Waals surface area contributed by atoms with Crippen molar-refractivity contribution < 1.29 is 24.1 Å². The zero-order valence-corrected chi connectivity index (χ0v) is 14.2. The van der Waals surface area contributed by atoms with Crippen LogP contribution in [0, 0.1) is 3.57 Å². The van der Waals surface area contributed by atoms with Gasteiger partial charge >= 0.3 is 128 Å². The summed E-state index contributed by atoms with van der Waals surface area (Å²) in [5.41, 5.74) is 0.712. The van der Waals surface area contributed by atoms with Crippen LogP contribution in [0.3, 0.4) is 0 Å². The van der Waals surface area contributed by atoms with Crippen molar-refractivity contribution >= 4 is 36.2 Å². The van der Waals surface area contributed by atoms with Crippen LogP contribution in [0.15, 0.2) is 29.3 Å². The van der Waals surface area contributed by atoms with Gasteiger partial charge in [0.1, 0.15) is 0 Å². The van der Waals surface area contributed by atoms with Gasteiger partial charge in [-0.2, -0.15) is 0 Å². The number of aliphatic imine (C=N–C) groups is 1. The summed E-state index contributed by atoms with van der Waals surface area (Å²) in [6, 6.07) is 6.46. The molecule has 2 N–H and O–H groups in total. The Labute approximate surface area is 128 Å². The molecule has 1 aromatic carbocycles. The molecule has 0 saturated carbocycles. The summed E-state index contributed by atoms with van der Waals surface area (Å²) in [6.07, 6.45) is 0. The van der Waals surface area contributed by atoms with E-state index in [4.69, 9.17) is 5.73 Å². The number of nitrogens with two attached hydrogens (primary N) is 1. The Kier molecular flexibility index (Phi) is 5.99. The fraction of sp³-hybridized carbons (Fsp3) is 0.364. The summed E-state index contributed by atoms with van der Waals surface area (Å²) in [5, 5.41) is 0. The van der Waals surface area contributed by atoms with E-state index in [1.165, 1.54) is 4.93 Å². The van der Waals surface area contributed by atoms with E-state index in [0.29, 0.717) is 9.41 Å². The van der Waals surface area contributed by atoms with Gasteiger partial charge in [0.05, 0.1) is 0 Å². The average molecular weight is 438 g/mol. The molecule has 0 spiro atoms. The van der Waals surface area contributed by atoms with Crippen molar-refractivity contribution in [1.29, 1.82) is 0 Å². The molecule has 21 heavy (non-hydrogen) atoms. The Morgan fingerprint density at radius 1 is 1.43 bits per heavy atom. The van der Waals surface area contributed by atoms with Crippen molar-refractivity contribution in [3.05, 3.63) is 33.4 Å². The molecule has 0 atom stereocenters. The van der Waals surface area contributed by atoms with Gasteiger partial charge in [-0.25, -0.2) is 0 Å². The van der Waals surface area contributed by atoms with E-state index in [1.54, 1.807) is 31.2 Å². The summed E-state index contributed by atoms with van der Waals surface area (Å²) in [7, 11) is -5.56. The van der Waals surface area contributed by atoms with Crippen LogP contribution >= 0.6 is 20.2 Å². The summed E-state index contributed by atoms with van der Waals surface area (Å²) < 4.78 is 63.6. The third-order valence-corrected chi connectivity index (χ3v) is 8.55. The molecule has 0 aliphatic heterocycles. The molecular formula is C11H14F3IN2O3S. The topological polar surface area (TPSA) is 81.8 Å². The maximum absolute atomic E-state index is 12.3. The van der Waals surface area contributed by atoms with Crippen LogP contribution in [0.2, 0.25) is 0 Å². The number of hydrogen-bond acceptors (Lipinski definition) is 4. The summed E-state index contributed by atoms with van der Waals surface area (Å²) in [5.74, 6) is 0.378. The van der Waals surface area contributed by atoms with Crippen molar-refractivity contribution in [2.75, 3.05) is 4.93 Å². The molecule has 1 aromatic rings. The van der Waals surface area contributed by atoms with Crippen LogP contribution in [0.5, 0.6) is 0 Å². The first-order chi connectivity index (χ1) is 9.53. The Balaban J connectivity index is 2.91. The van der Waals surface area contributed by atoms with Crippen LogP contribution in [0.4, 0.5) is 13.2 Å². The summed E-state index contributed by atoms with van der Waals surface area (Å²) in [4.78, 5) is 5.36. The number of hydrogen-bond donors (Lipinski definition) is 1. The van der Waals surface area contributed by atoms with Crippen LogP contribution < -0.4 is 5.73 Å². The molecule has 0 radical (unpaired) electrons. The monoisotopic (exact) mass is 438 g/mol. The van der Waals surface area contributed by atoms with E-state index in [2.05, 4.69) is 7.50 Å². The van der Waals surface area contributed by atoms with E-state index in [1.807, 2.05) is 0 Å². The molecule has 0 fully saturated rings. The first-order valence-electron chi connectivity index (χ1n) is 5.50. The molecule has 10 heteroatoms. The molecule has 0 aliphatic carbocycles. The number of halogens is 4. The average Bonchev–Trinajstić information content (AvgIpc) is 2.35. The number of nitrogens with zero attached hydrogens (tertiary/aromatic N) is 1. The maximum atomic E-state index is 12.3. The molecule has 0 bridgehead atoms. The Bertz CT molecular complexity index is 628. The second-order valence-electron chi connectivity index (χ2n) is 3.97. The van der Waals surface area contributed by atoms with Crippen molar-refractivity contribution in [2.24, 2.45) is 10.7 Å². The minimum absolute atomic E-state index is 0.270. The Hall–Kier alpha value is -0.880. The summed E-state index contributed by atoms with van der Waals surface area (Å²) in [6.45, 7) is 1.88. The fourth-order valence-electron chi connectivity index (χ4n) is 1.21. The number of benzene rings is 1. The van der Waals surface area contributed by atoms with Gasteiger partial charge < -0.3 is 0 Å². The van der Waals surface area contributed by atoms with Crippen LogP contribution in [0.25, 0.3) is 0 Å². The molecule has 0 unspecified atom stereocenters. The molecule has 5 nitrogen and oxygen atoms in total. The molecule has 0 amide bonds. The number of rotatable bonds is 5.